The summed E-state index contributed by atoms with van der Waals surface area (Å²) in [6.07, 6.45) is 0.917. The molecule has 5 rings (SSSR count). The summed E-state index contributed by atoms with van der Waals surface area (Å²) < 4.78 is 0. The van der Waals surface area contributed by atoms with E-state index in [2.05, 4.69) is 29.4 Å². The number of rotatable bonds is 5. The molecule has 0 atom stereocenters. The second-order valence-corrected chi connectivity index (χ2v) is 8.28. The predicted octanol–water partition coefficient (Wildman–Crippen LogP) is 4.06. The minimum absolute atomic E-state index is 0.426. The fourth-order valence-corrected chi connectivity index (χ4v) is 4.88. The topological polar surface area (TPSA) is 84.1 Å². The molecule has 0 saturated carbocycles. The first-order chi connectivity index (χ1) is 14.6. The third-order valence-electron chi connectivity index (χ3n) is 5.46. The highest BCUT2D eigenvalue weighted by Crippen LogP contribution is 2.38. The van der Waals surface area contributed by atoms with Crippen molar-refractivity contribution in [2.75, 3.05) is 23.8 Å². The zero-order chi connectivity index (χ0) is 20.7. The Balaban J connectivity index is 1.60. The van der Waals surface area contributed by atoms with Gasteiger partial charge in [-0.3, -0.25) is 4.79 Å². The van der Waals surface area contributed by atoms with Crippen molar-refractivity contribution in [2.24, 2.45) is 5.73 Å². The Labute approximate surface area is 178 Å². The average molecular weight is 416 g/mol. The molecule has 0 aliphatic carbocycles. The molecule has 7 heteroatoms. The molecule has 0 fully saturated rings. The number of aromatic nitrogens is 2. The molecule has 0 saturated heterocycles. The summed E-state index contributed by atoms with van der Waals surface area (Å²) in [4.78, 5) is 24.7. The minimum Gasteiger partial charge on any atom is -0.366 e. The van der Waals surface area contributed by atoms with Crippen LogP contribution in [0, 0.1) is 0 Å². The number of thiophene rings is 1. The predicted molar refractivity (Wildman–Crippen MR) is 122 cm³/mol. The van der Waals surface area contributed by atoms with Crippen molar-refractivity contribution in [3.63, 3.8) is 0 Å². The Hall–Kier alpha value is -3.45. The van der Waals surface area contributed by atoms with Crippen molar-refractivity contribution >= 4 is 39.7 Å². The Morgan fingerprint density at radius 3 is 2.77 bits per heavy atom. The van der Waals surface area contributed by atoms with Crippen LogP contribution >= 0.6 is 11.3 Å². The summed E-state index contributed by atoms with van der Waals surface area (Å²) >= 11 is 1.54. The Kier molecular flexibility index (Phi) is 4.59. The number of nitrogens with one attached hydrogen (secondary N) is 1. The van der Waals surface area contributed by atoms with Crippen LogP contribution < -0.4 is 16.0 Å². The van der Waals surface area contributed by atoms with E-state index in [4.69, 9.17) is 15.7 Å². The van der Waals surface area contributed by atoms with Gasteiger partial charge in [-0.25, -0.2) is 9.97 Å². The van der Waals surface area contributed by atoms with E-state index in [9.17, 15) is 4.79 Å². The monoisotopic (exact) mass is 415 g/mol. The molecular formula is C23H21N5OS. The zero-order valence-corrected chi connectivity index (χ0v) is 17.4. The van der Waals surface area contributed by atoms with Gasteiger partial charge in [-0.1, -0.05) is 42.5 Å². The first-order valence-corrected chi connectivity index (χ1v) is 10.7. The third kappa shape index (κ3) is 3.17. The maximum atomic E-state index is 11.8. The lowest BCUT2D eigenvalue weighted by molar-refractivity contribution is 0.100. The maximum Gasteiger partial charge on any atom is 0.249 e. The first-order valence-electron chi connectivity index (χ1n) is 9.82. The molecule has 1 aliphatic rings. The quantitative estimate of drug-likeness (QED) is 0.513. The molecule has 1 aliphatic heterocycles. The van der Waals surface area contributed by atoms with E-state index in [1.807, 2.05) is 35.7 Å². The van der Waals surface area contributed by atoms with E-state index in [0.717, 1.165) is 45.8 Å². The van der Waals surface area contributed by atoms with Crippen LogP contribution in [-0.4, -0.2) is 29.5 Å². The van der Waals surface area contributed by atoms with Crippen LogP contribution in [0.1, 0.15) is 21.5 Å². The van der Waals surface area contributed by atoms with Crippen LogP contribution in [-0.2, 0) is 13.0 Å². The molecule has 0 spiro atoms. The van der Waals surface area contributed by atoms with E-state index >= 15 is 0 Å². The lowest BCUT2D eigenvalue weighted by atomic mass is 10.1. The number of carbonyl (C=O) groups excluding carboxylic acids is 1. The lowest BCUT2D eigenvalue weighted by Gasteiger charge is -2.15. The lowest BCUT2D eigenvalue weighted by Crippen LogP contribution is -2.14. The van der Waals surface area contributed by atoms with Gasteiger partial charge in [0, 0.05) is 47.4 Å². The van der Waals surface area contributed by atoms with Gasteiger partial charge in [0.05, 0.1) is 4.88 Å². The Morgan fingerprint density at radius 2 is 1.97 bits per heavy atom. The normalized spacial score (nSPS) is 12.9. The molecule has 3 heterocycles. The number of nitrogens with zero attached hydrogens (tertiary/aromatic N) is 3. The molecule has 2 aromatic carbocycles. The third-order valence-corrected chi connectivity index (χ3v) is 6.45. The standard InChI is InChI=1S/C23H21N5OS/c1-28-11-10-17-21(25-12-14-6-3-2-4-7-14)26-22(27-23(17)28)19-15-8-5-9-16(20(24)29)18(15)13-30-19/h2-9,13H,10-12H2,1H3,(H2,24,29)(H,25,26,27). The number of amides is 1. The molecule has 1 amide bonds. The van der Waals surface area contributed by atoms with Gasteiger partial charge in [0.15, 0.2) is 5.82 Å². The van der Waals surface area contributed by atoms with Gasteiger partial charge < -0.3 is 16.0 Å². The van der Waals surface area contributed by atoms with E-state index < -0.39 is 5.91 Å². The number of likely N-dealkylation sites (N-methyl/N-ethyl adjacent to an activating group) is 1. The van der Waals surface area contributed by atoms with Crippen LogP contribution in [0.5, 0.6) is 0 Å². The largest absolute Gasteiger partial charge is 0.366 e. The maximum absolute atomic E-state index is 11.8. The van der Waals surface area contributed by atoms with Crippen LogP contribution in [0.25, 0.3) is 21.5 Å². The van der Waals surface area contributed by atoms with Crippen molar-refractivity contribution in [1.82, 2.24) is 9.97 Å². The fourth-order valence-electron chi connectivity index (χ4n) is 3.89. The van der Waals surface area contributed by atoms with Gasteiger partial charge in [0.2, 0.25) is 5.91 Å². The van der Waals surface area contributed by atoms with Crippen molar-refractivity contribution < 1.29 is 4.79 Å². The number of hydrogen-bond donors (Lipinski definition) is 2. The number of hydrogen-bond acceptors (Lipinski definition) is 6. The highest BCUT2D eigenvalue weighted by Gasteiger charge is 2.25. The SMILES string of the molecule is CN1CCc2c(NCc3ccccc3)nc(-c3scc4c(C(N)=O)cccc34)nc21. The Morgan fingerprint density at radius 1 is 1.13 bits per heavy atom. The van der Waals surface area contributed by atoms with E-state index in [1.54, 1.807) is 6.07 Å². The zero-order valence-electron chi connectivity index (χ0n) is 16.6. The summed E-state index contributed by atoms with van der Waals surface area (Å²) in [7, 11) is 2.06. The number of carbonyl (C=O) groups is 1. The van der Waals surface area contributed by atoms with E-state index in [1.165, 1.54) is 16.9 Å². The van der Waals surface area contributed by atoms with Gasteiger partial charge >= 0.3 is 0 Å². The number of fused-ring (bicyclic) bond motifs is 2. The van der Waals surface area contributed by atoms with Crippen molar-refractivity contribution in [3.05, 3.63) is 70.6 Å². The van der Waals surface area contributed by atoms with E-state index in [0.29, 0.717) is 17.9 Å². The molecule has 2 aromatic heterocycles. The molecular weight excluding hydrogens is 394 g/mol. The van der Waals surface area contributed by atoms with Gasteiger partial charge in [0.25, 0.3) is 0 Å². The number of nitrogens with two attached hydrogens (primary N) is 1. The summed E-state index contributed by atoms with van der Waals surface area (Å²) in [6.45, 7) is 1.62. The van der Waals surface area contributed by atoms with Crippen molar-refractivity contribution in [2.45, 2.75) is 13.0 Å². The highest BCUT2D eigenvalue weighted by atomic mass is 32.1. The first kappa shape index (κ1) is 18.6. The molecule has 6 nitrogen and oxygen atoms in total. The fraction of sp³-hybridized carbons (Fsp3) is 0.174. The summed E-state index contributed by atoms with van der Waals surface area (Å²) in [5.41, 5.74) is 8.43. The van der Waals surface area contributed by atoms with Crippen molar-refractivity contribution in [1.29, 1.82) is 0 Å². The molecule has 4 aromatic rings. The molecule has 30 heavy (non-hydrogen) atoms. The summed E-state index contributed by atoms with van der Waals surface area (Å²) in [5, 5.41) is 7.27. The molecule has 0 unspecified atom stereocenters. The van der Waals surface area contributed by atoms with Gasteiger partial charge in [-0.15, -0.1) is 11.3 Å². The number of benzene rings is 2. The minimum atomic E-state index is -0.426. The van der Waals surface area contributed by atoms with Crippen LogP contribution in [0.3, 0.4) is 0 Å². The van der Waals surface area contributed by atoms with Crippen molar-refractivity contribution in [3.8, 4) is 10.7 Å². The summed E-state index contributed by atoms with van der Waals surface area (Å²) in [5.74, 6) is 2.07. The average Bonchev–Trinajstić information content (AvgIpc) is 3.36. The number of primary amides is 1. The molecule has 0 bridgehead atoms. The van der Waals surface area contributed by atoms with Crippen LogP contribution in [0.15, 0.2) is 53.9 Å². The molecule has 0 radical (unpaired) electrons. The highest BCUT2D eigenvalue weighted by molar-refractivity contribution is 7.15. The second kappa shape index (κ2) is 7.42. The number of anilines is 2. The molecule has 150 valence electrons. The molecule has 3 N–H and O–H groups in total. The van der Waals surface area contributed by atoms with Gasteiger partial charge in [-0.05, 0) is 18.1 Å². The smallest absolute Gasteiger partial charge is 0.249 e. The van der Waals surface area contributed by atoms with Gasteiger partial charge in [-0.2, -0.15) is 0 Å². The summed E-state index contributed by atoms with van der Waals surface area (Å²) in [6, 6.07) is 15.9. The Bertz CT molecular complexity index is 1250. The van der Waals surface area contributed by atoms with Crippen LogP contribution in [0.2, 0.25) is 0 Å². The van der Waals surface area contributed by atoms with Crippen LogP contribution in [0.4, 0.5) is 11.6 Å². The van der Waals surface area contributed by atoms with Gasteiger partial charge in [0.1, 0.15) is 11.6 Å². The second-order valence-electron chi connectivity index (χ2n) is 7.40. The van der Waals surface area contributed by atoms with E-state index in [-0.39, 0.29) is 0 Å².